The number of carbonyl (C=O) groups is 1. The zero-order chi connectivity index (χ0) is 20.4. The number of piperidine rings is 2. The number of aliphatic hydroxyl groups is 1. The number of nitrogens with zero attached hydrogens (tertiary/aromatic N) is 3. The van der Waals surface area contributed by atoms with E-state index in [4.69, 9.17) is 4.52 Å². The second-order valence-corrected chi connectivity index (χ2v) is 7.96. The van der Waals surface area contributed by atoms with Crippen molar-refractivity contribution in [1.82, 2.24) is 15.0 Å². The number of halogens is 2. The van der Waals surface area contributed by atoms with Crippen molar-refractivity contribution in [1.29, 1.82) is 0 Å². The molecule has 4 rings (SSSR count). The van der Waals surface area contributed by atoms with Crippen LogP contribution in [0.5, 0.6) is 0 Å². The van der Waals surface area contributed by atoms with Gasteiger partial charge < -0.3 is 14.5 Å². The molecule has 2 aromatic rings. The van der Waals surface area contributed by atoms with Gasteiger partial charge in [-0.25, -0.2) is 8.78 Å². The number of benzene rings is 1. The summed E-state index contributed by atoms with van der Waals surface area (Å²) in [6.45, 7) is 3.15. The Hall–Kier alpha value is -2.32. The normalized spacial score (nSPS) is 21.5. The maximum atomic E-state index is 13.5. The molecular weight excluding hydrogens is 380 g/mol. The van der Waals surface area contributed by atoms with Crippen LogP contribution in [0.3, 0.4) is 0 Å². The first-order chi connectivity index (χ1) is 14.0. The standard InChI is InChI=1S/C21H25F2N3O3/c22-17-4-3-14(10-18(17)23)12-25-7-1-2-15(13-25)19-11-20(29-24-19)21(28)26-8-5-16(27)6-9-26/h3-4,10-11,15-16,27H,1-2,5-9,12-13H2. The van der Waals surface area contributed by atoms with Gasteiger partial charge in [0, 0.05) is 38.2 Å². The van der Waals surface area contributed by atoms with E-state index in [1.807, 2.05) is 0 Å². The van der Waals surface area contributed by atoms with Crippen molar-refractivity contribution in [3.8, 4) is 0 Å². The molecule has 2 aliphatic heterocycles. The summed E-state index contributed by atoms with van der Waals surface area (Å²) in [6.07, 6.45) is 2.70. The molecule has 1 atom stereocenters. The maximum absolute atomic E-state index is 13.5. The van der Waals surface area contributed by atoms with E-state index in [1.54, 1.807) is 17.0 Å². The minimum absolute atomic E-state index is 0.127. The zero-order valence-corrected chi connectivity index (χ0v) is 16.2. The lowest BCUT2D eigenvalue weighted by Gasteiger charge is -2.31. The predicted molar refractivity (Wildman–Crippen MR) is 101 cm³/mol. The van der Waals surface area contributed by atoms with Crippen LogP contribution in [0.15, 0.2) is 28.8 Å². The Labute approximate surface area is 168 Å². The smallest absolute Gasteiger partial charge is 0.292 e. The number of rotatable bonds is 4. The Morgan fingerprint density at radius 2 is 1.93 bits per heavy atom. The fraction of sp³-hybridized carbons (Fsp3) is 0.524. The number of likely N-dealkylation sites (tertiary alicyclic amines) is 2. The number of aromatic nitrogens is 1. The molecule has 0 spiro atoms. The van der Waals surface area contributed by atoms with Crippen LogP contribution in [0, 0.1) is 11.6 Å². The first-order valence-electron chi connectivity index (χ1n) is 10.1. The number of hydrogen-bond acceptors (Lipinski definition) is 5. The number of aliphatic hydroxyl groups excluding tert-OH is 1. The first kappa shape index (κ1) is 20.0. The van der Waals surface area contributed by atoms with Gasteiger partial charge in [-0.3, -0.25) is 9.69 Å². The van der Waals surface area contributed by atoms with Crippen molar-refractivity contribution in [3.05, 3.63) is 52.9 Å². The van der Waals surface area contributed by atoms with Gasteiger partial charge in [-0.05, 0) is 49.9 Å². The van der Waals surface area contributed by atoms with E-state index in [2.05, 4.69) is 10.1 Å². The van der Waals surface area contributed by atoms with Gasteiger partial charge in [0.25, 0.3) is 5.91 Å². The minimum Gasteiger partial charge on any atom is -0.393 e. The van der Waals surface area contributed by atoms with Crippen LogP contribution < -0.4 is 0 Å². The molecule has 6 nitrogen and oxygen atoms in total. The van der Waals surface area contributed by atoms with E-state index in [9.17, 15) is 18.7 Å². The van der Waals surface area contributed by atoms with E-state index in [1.165, 1.54) is 6.07 Å². The molecule has 156 valence electrons. The van der Waals surface area contributed by atoms with Gasteiger partial charge >= 0.3 is 0 Å². The molecule has 2 fully saturated rings. The van der Waals surface area contributed by atoms with E-state index in [-0.39, 0.29) is 23.7 Å². The summed E-state index contributed by atoms with van der Waals surface area (Å²) in [5, 5.41) is 13.7. The molecule has 1 aromatic heterocycles. The third kappa shape index (κ3) is 4.64. The highest BCUT2D eigenvalue weighted by molar-refractivity contribution is 5.91. The molecule has 29 heavy (non-hydrogen) atoms. The number of amides is 1. The van der Waals surface area contributed by atoms with Crippen LogP contribution >= 0.6 is 0 Å². The third-order valence-electron chi connectivity index (χ3n) is 5.80. The molecule has 2 saturated heterocycles. The lowest BCUT2D eigenvalue weighted by molar-refractivity contribution is 0.0512. The van der Waals surface area contributed by atoms with Gasteiger partial charge in [0.1, 0.15) is 0 Å². The lowest BCUT2D eigenvalue weighted by atomic mass is 9.94. The molecular formula is C21H25F2N3O3. The van der Waals surface area contributed by atoms with Crippen molar-refractivity contribution < 1.29 is 23.2 Å². The largest absolute Gasteiger partial charge is 0.393 e. The molecule has 0 aliphatic carbocycles. The average Bonchev–Trinajstić information content (AvgIpc) is 3.21. The predicted octanol–water partition coefficient (Wildman–Crippen LogP) is 2.93. The second kappa shape index (κ2) is 8.59. The van der Waals surface area contributed by atoms with E-state index in [0.29, 0.717) is 32.5 Å². The third-order valence-corrected chi connectivity index (χ3v) is 5.80. The van der Waals surface area contributed by atoms with Crippen molar-refractivity contribution in [2.75, 3.05) is 26.2 Å². The molecule has 0 saturated carbocycles. The van der Waals surface area contributed by atoms with Gasteiger partial charge in [0.05, 0.1) is 11.8 Å². The molecule has 8 heteroatoms. The highest BCUT2D eigenvalue weighted by Gasteiger charge is 2.28. The highest BCUT2D eigenvalue weighted by atomic mass is 19.2. The zero-order valence-electron chi connectivity index (χ0n) is 16.2. The fourth-order valence-corrected chi connectivity index (χ4v) is 4.14. The molecule has 1 unspecified atom stereocenters. The quantitative estimate of drug-likeness (QED) is 0.847. The minimum atomic E-state index is -0.840. The molecule has 0 bridgehead atoms. The summed E-state index contributed by atoms with van der Waals surface area (Å²) < 4.78 is 31.9. The summed E-state index contributed by atoms with van der Waals surface area (Å²) >= 11 is 0. The number of hydrogen-bond donors (Lipinski definition) is 1. The van der Waals surface area contributed by atoms with Gasteiger partial charge in [-0.2, -0.15) is 0 Å². The van der Waals surface area contributed by atoms with Crippen LogP contribution in [0.4, 0.5) is 8.78 Å². The topological polar surface area (TPSA) is 69.8 Å². The SMILES string of the molecule is O=C(c1cc(C2CCCN(Cc3ccc(F)c(F)c3)C2)no1)N1CCC(O)CC1. The van der Waals surface area contributed by atoms with Gasteiger partial charge in [-0.15, -0.1) is 0 Å². The summed E-state index contributed by atoms with van der Waals surface area (Å²) in [6, 6.07) is 5.71. The van der Waals surface area contributed by atoms with E-state index < -0.39 is 11.6 Å². The Balaban J connectivity index is 1.38. The fourth-order valence-electron chi connectivity index (χ4n) is 4.14. The Kier molecular flexibility index (Phi) is 5.91. The van der Waals surface area contributed by atoms with Crippen molar-refractivity contribution in [3.63, 3.8) is 0 Å². The van der Waals surface area contributed by atoms with Crippen LogP contribution in [0.2, 0.25) is 0 Å². The maximum Gasteiger partial charge on any atom is 0.292 e. The van der Waals surface area contributed by atoms with Crippen LogP contribution in [-0.2, 0) is 6.54 Å². The van der Waals surface area contributed by atoms with Crippen molar-refractivity contribution in [2.45, 2.75) is 44.2 Å². The highest BCUT2D eigenvalue weighted by Crippen LogP contribution is 2.28. The van der Waals surface area contributed by atoms with Crippen molar-refractivity contribution in [2.24, 2.45) is 0 Å². The summed E-state index contributed by atoms with van der Waals surface area (Å²) in [4.78, 5) is 16.5. The molecule has 1 aromatic carbocycles. The molecule has 2 aliphatic rings. The lowest BCUT2D eigenvalue weighted by Crippen LogP contribution is -2.39. The molecule has 1 N–H and O–H groups in total. The second-order valence-electron chi connectivity index (χ2n) is 7.96. The first-order valence-corrected chi connectivity index (χ1v) is 10.1. The Morgan fingerprint density at radius 3 is 2.69 bits per heavy atom. The van der Waals surface area contributed by atoms with Gasteiger partial charge in [0.2, 0.25) is 5.76 Å². The van der Waals surface area contributed by atoms with Crippen LogP contribution in [0.1, 0.15) is 53.4 Å². The molecule has 0 radical (unpaired) electrons. The van der Waals surface area contributed by atoms with Crippen LogP contribution in [-0.4, -0.2) is 58.3 Å². The summed E-state index contributed by atoms with van der Waals surface area (Å²) in [7, 11) is 0. The van der Waals surface area contributed by atoms with Gasteiger partial charge in [0.15, 0.2) is 11.6 Å². The monoisotopic (exact) mass is 405 g/mol. The Morgan fingerprint density at radius 1 is 1.14 bits per heavy atom. The van der Waals surface area contributed by atoms with E-state index >= 15 is 0 Å². The molecule has 1 amide bonds. The van der Waals surface area contributed by atoms with Crippen molar-refractivity contribution >= 4 is 5.91 Å². The van der Waals surface area contributed by atoms with Gasteiger partial charge in [-0.1, -0.05) is 11.2 Å². The molecule has 3 heterocycles. The number of carbonyl (C=O) groups excluding carboxylic acids is 1. The summed E-state index contributed by atoms with van der Waals surface area (Å²) in [5.74, 6) is -1.50. The average molecular weight is 405 g/mol. The van der Waals surface area contributed by atoms with Crippen LogP contribution in [0.25, 0.3) is 0 Å². The van der Waals surface area contributed by atoms with E-state index in [0.717, 1.165) is 43.3 Å². The summed E-state index contributed by atoms with van der Waals surface area (Å²) in [5.41, 5.74) is 1.48. The Bertz CT molecular complexity index is 865.